The summed E-state index contributed by atoms with van der Waals surface area (Å²) in [5.41, 5.74) is 4.16. The van der Waals surface area contributed by atoms with Gasteiger partial charge in [-0.2, -0.15) is 0 Å². The van der Waals surface area contributed by atoms with Crippen LogP contribution >= 0.6 is 23.2 Å². The smallest absolute Gasteiger partial charge is 0.243 e. The van der Waals surface area contributed by atoms with Gasteiger partial charge in [0.1, 0.15) is 6.04 Å². The zero-order valence-electron chi connectivity index (χ0n) is 21.6. The normalized spacial score (nSPS) is 12.2. The van der Waals surface area contributed by atoms with Gasteiger partial charge >= 0.3 is 0 Å². The SMILES string of the molecule is Cc1ccc(C)c(CC(=O)N(Cc2c(Cl)cccc2Cl)[C@@H](Cc2ccccc2)C(=O)NC(C)(C)C)c1. The van der Waals surface area contributed by atoms with E-state index < -0.39 is 11.6 Å². The molecule has 0 saturated heterocycles. The summed E-state index contributed by atoms with van der Waals surface area (Å²) in [4.78, 5) is 29.3. The van der Waals surface area contributed by atoms with Crippen LogP contribution in [-0.4, -0.2) is 28.3 Å². The number of halogens is 2. The first kappa shape index (κ1) is 27.8. The maximum atomic E-state index is 14.0. The minimum Gasteiger partial charge on any atom is -0.350 e. The number of hydrogen-bond acceptors (Lipinski definition) is 2. The summed E-state index contributed by atoms with van der Waals surface area (Å²) in [5.74, 6) is -0.381. The van der Waals surface area contributed by atoms with Gasteiger partial charge in [0, 0.05) is 34.1 Å². The molecule has 0 bridgehead atoms. The lowest BCUT2D eigenvalue weighted by atomic mass is 9.98. The molecular weight excluding hydrogens is 491 g/mol. The average molecular weight is 526 g/mol. The lowest BCUT2D eigenvalue weighted by Crippen LogP contribution is -2.54. The summed E-state index contributed by atoms with van der Waals surface area (Å²) in [6.07, 6.45) is 0.535. The predicted molar refractivity (Wildman–Crippen MR) is 148 cm³/mol. The van der Waals surface area contributed by atoms with Crippen LogP contribution in [0.4, 0.5) is 0 Å². The highest BCUT2D eigenvalue weighted by molar-refractivity contribution is 6.36. The van der Waals surface area contributed by atoms with Crippen LogP contribution in [-0.2, 0) is 29.0 Å². The topological polar surface area (TPSA) is 49.4 Å². The van der Waals surface area contributed by atoms with Crippen LogP contribution in [0.15, 0.2) is 66.7 Å². The molecule has 2 amide bonds. The van der Waals surface area contributed by atoms with Gasteiger partial charge in [0.05, 0.1) is 6.42 Å². The number of hydrogen-bond donors (Lipinski definition) is 1. The van der Waals surface area contributed by atoms with Gasteiger partial charge < -0.3 is 10.2 Å². The molecule has 36 heavy (non-hydrogen) atoms. The number of nitrogens with one attached hydrogen (secondary N) is 1. The first-order valence-electron chi connectivity index (χ1n) is 12.1. The fraction of sp³-hybridized carbons (Fsp3) is 0.333. The molecule has 3 rings (SSSR count). The molecule has 3 aromatic carbocycles. The van der Waals surface area contributed by atoms with E-state index in [1.807, 2.05) is 83.1 Å². The molecule has 0 heterocycles. The van der Waals surface area contributed by atoms with Crippen LogP contribution in [0, 0.1) is 13.8 Å². The summed E-state index contributed by atoms with van der Waals surface area (Å²) in [5, 5.41) is 4.00. The van der Waals surface area contributed by atoms with Gasteiger partial charge in [-0.25, -0.2) is 0 Å². The lowest BCUT2D eigenvalue weighted by molar-refractivity contribution is -0.141. The molecule has 0 aliphatic carbocycles. The average Bonchev–Trinajstić information content (AvgIpc) is 2.79. The molecule has 190 valence electrons. The van der Waals surface area contributed by atoms with Crippen LogP contribution in [0.3, 0.4) is 0 Å². The van der Waals surface area contributed by atoms with Crippen molar-refractivity contribution in [2.75, 3.05) is 0 Å². The van der Waals surface area contributed by atoms with E-state index in [0.29, 0.717) is 22.0 Å². The number of aryl methyl sites for hydroxylation is 2. The molecule has 0 spiro atoms. The van der Waals surface area contributed by atoms with Crippen LogP contribution < -0.4 is 5.32 Å². The van der Waals surface area contributed by atoms with Crippen LogP contribution in [0.5, 0.6) is 0 Å². The first-order valence-corrected chi connectivity index (χ1v) is 12.8. The largest absolute Gasteiger partial charge is 0.350 e. The number of rotatable bonds is 8. The van der Waals surface area contributed by atoms with E-state index in [4.69, 9.17) is 23.2 Å². The van der Waals surface area contributed by atoms with Gasteiger partial charge in [-0.15, -0.1) is 0 Å². The number of carbonyl (C=O) groups is 2. The molecule has 0 aromatic heterocycles. The van der Waals surface area contributed by atoms with E-state index in [-0.39, 0.29) is 24.8 Å². The summed E-state index contributed by atoms with van der Waals surface area (Å²) in [7, 11) is 0. The molecule has 0 unspecified atom stereocenters. The molecule has 1 N–H and O–H groups in total. The third kappa shape index (κ3) is 7.59. The van der Waals surface area contributed by atoms with Gasteiger partial charge in [0.2, 0.25) is 11.8 Å². The zero-order valence-corrected chi connectivity index (χ0v) is 23.1. The van der Waals surface area contributed by atoms with Crippen molar-refractivity contribution in [3.8, 4) is 0 Å². The van der Waals surface area contributed by atoms with Crippen LogP contribution in [0.1, 0.15) is 48.6 Å². The van der Waals surface area contributed by atoms with Gasteiger partial charge in [0.15, 0.2) is 0 Å². The zero-order chi connectivity index (χ0) is 26.5. The second-order valence-electron chi connectivity index (χ2n) is 10.3. The van der Waals surface area contributed by atoms with E-state index in [9.17, 15) is 9.59 Å². The third-order valence-electron chi connectivity index (χ3n) is 6.01. The van der Waals surface area contributed by atoms with Crippen molar-refractivity contribution in [2.45, 2.75) is 65.6 Å². The highest BCUT2D eigenvalue weighted by Crippen LogP contribution is 2.28. The van der Waals surface area contributed by atoms with Crippen molar-refractivity contribution in [1.29, 1.82) is 0 Å². The summed E-state index contributed by atoms with van der Waals surface area (Å²) in [6, 6.07) is 20.3. The van der Waals surface area contributed by atoms with Crippen molar-refractivity contribution < 1.29 is 9.59 Å². The Hall–Kier alpha value is -2.82. The first-order chi connectivity index (χ1) is 16.9. The Kier molecular flexibility index (Phi) is 9.21. The fourth-order valence-corrected chi connectivity index (χ4v) is 4.63. The Bertz CT molecular complexity index is 1200. The van der Waals surface area contributed by atoms with Crippen molar-refractivity contribution in [3.05, 3.63) is 105 Å². The molecule has 0 fully saturated rings. The Labute approximate surface area is 224 Å². The summed E-state index contributed by atoms with van der Waals surface area (Å²) >= 11 is 13.0. The highest BCUT2D eigenvalue weighted by atomic mass is 35.5. The quantitative estimate of drug-likeness (QED) is 0.356. The molecule has 3 aromatic rings. The molecule has 6 heteroatoms. The number of nitrogens with zero attached hydrogens (tertiary/aromatic N) is 1. The molecule has 0 aliphatic heterocycles. The molecule has 0 aliphatic rings. The second-order valence-corrected chi connectivity index (χ2v) is 11.1. The Balaban J connectivity index is 2.07. The standard InChI is InChI=1S/C30H34Cl2N2O2/c1-20-14-15-21(2)23(16-20)18-28(35)34(19-24-25(31)12-9-13-26(24)32)27(29(36)33-30(3,4)5)17-22-10-7-6-8-11-22/h6-16,27H,17-19H2,1-5H3,(H,33,36)/t27-/m0/s1. The van der Waals surface area contributed by atoms with E-state index in [2.05, 4.69) is 5.32 Å². The Morgan fingerprint density at radius 3 is 2.17 bits per heavy atom. The highest BCUT2D eigenvalue weighted by Gasteiger charge is 2.33. The maximum Gasteiger partial charge on any atom is 0.243 e. The van der Waals surface area contributed by atoms with Crippen molar-refractivity contribution >= 4 is 35.0 Å². The van der Waals surface area contributed by atoms with Gasteiger partial charge in [-0.1, -0.05) is 83.4 Å². The van der Waals surface area contributed by atoms with Gasteiger partial charge in [0.25, 0.3) is 0 Å². The van der Waals surface area contributed by atoms with Crippen molar-refractivity contribution in [1.82, 2.24) is 10.2 Å². The van der Waals surface area contributed by atoms with E-state index >= 15 is 0 Å². The number of benzene rings is 3. The minimum atomic E-state index is -0.753. The molecular formula is C30H34Cl2N2O2. The monoisotopic (exact) mass is 524 g/mol. The number of carbonyl (C=O) groups excluding carboxylic acids is 2. The fourth-order valence-electron chi connectivity index (χ4n) is 4.12. The minimum absolute atomic E-state index is 0.122. The van der Waals surface area contributed by atoms with E-state index in [1.165, 1.54) is 0 Å². The van der Waals surface area contributed by atoms with E-state index in [0.717, 1.165) is 22.3 Å². The summed E-state index contributed by atoms with van der Waals surface area (Å²) in [6.45, 7) is 9.90. The van der Waals surface area contributed by atoms with Gasteiger partial charge in [-0.3, -0.25) is 9.59 Å². The predicted octanol–water partition coefficient (Wildman–Crippen LogP) is 6.71. The number of amides is 2. The second kappa shape index (κ2) is 11.9. The maximum absolute atomic E-state index is 14.0. The van der Waals surface area contributed by atoms with Crippen LogP contribution in [0.25, 0.3) is 0 Å². The van der Waals surface area contributed by atoms with Gasteiger partial charge in [-0.05, 0) is 63.4 Å². The molecule has 0 radical (unpaired) electrons. The molecule has 4 nitrogen and oxygen atoms in total. The lowest BCUT2D eigenvalue weighted by Gasteiger charge is -2.34. The molecule has 0 saturated carbocycles. The van der Waals surface area contributed by atoms with Crippen molar-refractivity contribution in [2.24, 2.45) is 0 Å². The van der Waals surface area contributed by atoms with Crippen molar-refractivity contribution in [3.63, 3.8) is 0 Å². The van der Waals surface area contributed by atoms with E-state index in [1.54, 1.807) is 23.1 Å². The Morgan fingerprint density at radius 1 is 0.917 bits per heavy atom. The Morgan fingerprint density at radius 2 is 1.56 bits per heavy atom. The third-order valence-corrected chi connectivity index (χ3v) is 6.71. The molecule has 1 atom stereocenters. The summed E-state index contributed by atoms with van der Waals surface area (Å²) < 4.78 is 0. The van der Waals surface area contributed by atoms with Crippen LogP contribution in [0.2, 0.25) is 10.0 Å².